The molecule has 140 valence electrons. The number of benzene rings is 1. The lowest BCUT2D eigenvalue weighted by Gasteiger charge is -2.34. The highest BCUT2D eigenvalue weighted by molar-refractivity contribution is 7.89. The van der Waals surface area contributed by atoms with E-state index in [0.717, 1.165) is 5.56 Å². The van der Waals surface area contributed by atoms with Gasteiger partial charge in [-0.15, -0.1) is 0 Å². The summed E-state index contributed by atoms with van der Waals surface area (Å²) < 4.78 is 27.1. The Morgan fingerprint density at radius 1 is 1.08 bits per heavy atom. The number of hydrogen-bond acceptors (Lipinski definition) is 4. The maximum absolute atomic E-state index is 12.8. The molecule has 1 aromatic rings. The van der Waals surface area contributed by atoms with Crippen LogP contribution >= 0.6 is 0 Å². The lowest BCUT2D eigenvalue weighted by Crippen LogP contribution is -2.50. The van der Waals surface area contributed by atoms with E-state index in [1.807, 2.05) is 12.1 Å². The molecule has 0 radical (unpaired) electrons. The Balaban J connectivity index is 2.03. The van der Waals surface area contributed by atoms with Crippen molar-refractivity contribution in [2.45, 2.75) is 43.9 Å². The van der Waals surface area contributed by atoms with Crippen LogP contribution in [0.3, 0.4) is 0 Å². The summed E-state index contributed by atoms with van der Waals surface area (Å²) in [5.41, 5.74) is 6.51. The van der Waals surface area contributed by atoms with Crippen LogP contribution in [-0.2, 0) is 20.2 Å². The first-order chi connectivity index (χ1) is 11.7. The normalized spacial score (nSPS) is 16.9. The number of sulfonamides is 1. The molecule has 6 nitrogen and oxygen atoms in total. The van der Waals surface area contributed by atoms with Crippen LogP contribution in [0.1, 0.15) is 39.2 Å². The molecule has 1 aromatic carbocycles. The van der Waals surface area contributed by atoms with Crippen LogP contribution in [0.4, 0.5) is 0 Å². The summed E-state index contributed by atoms with van der Waals surface area (Å²) in [6, 6.07) is 7.10. The van der Waals surface area contributed by atoms with Crippen molar-refractivity contribution in [1.82, 2.24) is 9.21 Å². The molecule has 1 fully saturated rings. The quantitative estimate of drug-likeness (QED) is 0.856. The number of nitrogens with two attached hydrogens (primary N) is 1. The molecule has 2 rings (SSSR count). The second kappa shape index (κ2) is 7.85. The van der Waals surface area contributed by atoms with E-state index in [2.05, 4.69) is 20.8 Å². The number of rotatable bonds is 5. The van der Waals surface area contributed by atoms with E-state index in [9.17, 15) is 13.2 Å². The van der Waals surface area contributed by atoms with Crippen molar-refractivity contribution in [3.63, 3.8) is 0 Å². The van der Waals surface area contributed by atoms with Crippen LogP contribution in [0.25, 0.3) is 0 Å². The highest BCUT2D eigenvalue weighted by Gasteiger charge is 2.30. The molecule has 0 bridgehead atoms. The molecule has 1 aliphatic heterocycles. The monoisotopic (exact) mass is 367 g/mol. The highest BCUT2D eigenvalue weighted by atomic mass is 32.2. The number of hydrogen-bond donors (Lipinski definition) is 1. The zero-order chi connectivity index (χ0) is 18.7. The first kappa shape index (κ1) is 19.9. The van der Waals surface area contributed by atoms with Gasteiger partial charge in [-0.05, 0) is 36.1 Å². The van der Waals surface area contributed by atoms with Gasteiger partial charge in [-0.2, -0.15) is 4.31 Å². The summed E-state index contributed by atoms with van der Waals surface area (Å²) in [4.78, 5) is 14.1. The van der Waals surface area contributed by atoms with Crippen molar-refractivity contribution in [2.75, 3.05) is 32.7 Å². The van der Waals surface area contributed by atoms with Crippen molar-refractivity contribution in [3.05, 3.63) is 29.8 Å². The molecular formula is C18H29N3O3S. The second-order valence-corrected chi connectivity index (χ2v) is 9.39. The van der Waals surface area contributed by atoms with Gasteiger partial charge in [0.15, 0.2) is 0 Å². The first-order valence-electron chi connectivity index (χ1n) is 8.75. The van der Waals surface area contributed by atoms with Crippen LogP contribution < -0.4 is 5.73 Å². The third kappa shape index (κ3) is 4.80. The summed E-state index contributed by atoms with van der Waals surface area (Å²) in [6.45, 7) is 8.30. The minimum atomic E-state index is -3.51. The summed E-state index contributed by atoms with van der Waals surface area (Å²) in [5, 5.41) is 0. The maximum Gasteiger partial charge on any atom is 0.243 e. The summed E-state index contributed by atoms with van der Waals surface area (Å²) in [6.07, 6.45) is 1.09. The van der Waals surface area contributed by atoms with Gasteiger partial charge in [0, 0.05) is 32.6 Å². The SMILES string of the molecule is CC(C)(C)c1ccc(S(=O)(=O)N2CCN(C(=O)CCCN)CC2)cc1. The molecule has 0 aromatic heterocycles. The lowest BCUT2D eigenvalue weighted by atomic mass is 9.87. The number of piperazine rings is 1. The molecule has 7 heteroatoms. The number of carbonyl (C=O) groups excluding carboxylic acids is 1. The molecule has 1 saturated heterocycles. The molecule has 0 unspecified atom stereocenters. The van der Waals surface area contributed by atoms with Gasteiger partial charge >= 0.3 is 0 Å². The Hall–Kier alpha value is -1.44. The fraction of sp³-hybridized carbons (Fsp3) is 0.611. The maximum atomic E-state index is 12.8. The van der Waals surface area contributed by atoms with Crippen molar-refractivity contribution in [1.29, 1.82) is 0 Å². The third-order valence-electron chi connectivity index (χ3n) is 4.54. The zero-order valence-corrected chi connectivity index (χ0v) is 16.2. The van der Waals surface area contributed by atoms with Gasteiger partial charge in [-0.3, -0.25) is 4.79 Å². The largest absolute Gasteiger partial charge is 0.340 e. The van der Waals surface area contributed by atoms with E-state index in [4.69, 9.17) is 5.73 Å². The highest BCUT2D eigenvalue weighted by Crippen LogP contribution is 2.25. The molecular weight excluding hydrogens is 338 g/mol. The van der Waals surface area contributed by atoms with Crippen molar-refractivity contribution < 1.29 is 13.2 Å². The van der Waals surface area contributed by atoms with Crippen LogP contribution in [-0.4, -0.2) is 56.3 Å². The van der Waals surface area contributed by atoms with Crippen LogP contribution in [0.15, 0.2) is 29.2 Å². The molecule has 0 atom stereocenters. The lowest BCUT2D eigenvalue weighted by molar-refractivity contribution is -0.132. The summed E-state index contributed by atoms with van der Waals surface area (Å²) in [7, 11) is -3.51. The van der Waals surface area contributed by atoms with E-state index >= 15 is 0 Å². The standard InChI is InChI=1S/C18H29N3O3S/c1-18(2,3)15-6-8-16(9-7-15)25(23,24)21-13-11-20(12-14-21)17(22)5-4-10-19/h6-9H,4-5,10-14,19H2,1-3H3. The Morgan fingerprint density at radius 3 is 2.12 bits per heavy atom. The van der Waals surface area contributed by atoms with Crippen molar-refractivity contribution >= 4 is 15.9 Å². The van der Waals surface area contributed by atoms with Gasteiger partial charge in [0.25, 0.3) is 0 Å². The van der Waals surface area contributed by atoms with E-state index in [-0.39, 0.29) is 11.3 Å². The second-order valence-electron chi connectivity index (χ2n) is 7.45. The van der Waals surface area contributed by atoms with Gasteiger partial charge < -0.3 is 10.6 Å². The van der Waals surface area contributed by atoms with Crippen molar-refractivity contribution in [2.24, 2.45) is 5.73 Å². The Morgan fingerprint density at radius 2 is 1.64 bits per heavy atom. The molecule has 1 amide bonds. The summed E-state index contributed by atoms with van der Waals surface area (Å²) in [5.74, 6) is 0.0528. The topological polar surface area (TPSA) is 83.7 Å². The molecule has 0 spiro atoms. The van der Waals surface area contributed by atoms with Gasteiger partial charge in [0.1, 0.15) is 0 Å². The third-order valence-corrected chi connectivity index (χ3v) is 6.46. The molecule has 25 heavy (non-hydrogen) atoms. The fourth-order valence-electron chi connectivity index (χ4n) is 2.87. The Bertz CT molecular complexity index is 685. The van der Waals surface area contributed by atoms with E-state index < -0.39 is 10.0 Å². The Kier molecular flexibility index (Phi) is 6.24. The van der Waals surface area contributed by atoms with Gasteiger partial charge in [-0.1, -0.05) is 32.9 Å². The van der Waals surface area contributed by atoms with Crippen molar-refractivity contribution in [3.8, 4) is 0 Å². The van der Waals surface area contributed by atoms with Crippen LogP contribution in [0, 0.1) is 0 Å². The number of carbonyl (C=O) groups is 1. The first-order valence-corrected chi connectivity index (χ1v) is 10.2. The fourth-order valence-corrected chi connectivity index (χ4v) is 4.29. The Labute approximate surface area is 151 Å². The molecule has 1 aliphatic rings. The minimum Gasteiger partial charge on any atom is -0.340 e. The molecule has 1 heterocycles. The van der Waals surface area contributed by atoms with Gasteiger partial charge in [0.2, 0.25) is 15.9 Å². The predicted molar refractivity (Wildman–Crippen MR) is 98.8 cm³/mol. The van der Waals surface area contributed by atoms with E-state index in [1.54, 1.807) is 17.0 Å². The molecule has 2 N–H and O–H groups in total. The number of amides is 1. The number of nitrogens with zero attached hydrogens (tertiary/aromatic N) is 2. The van der Waals surface area contributed by atoms with E-state index in [1.165, 1.54) is 4.31 Å². The van der Waals surface area contributed by atoms with Gasteiger partial charge in [-0.25, -0.2) is 8.42 Å². The minimum absolute atomic E-state index is 0.0161. The summed E-state index contributed by atoms with van der Waals surface area (Å²) >= 11 is 0. The zero-order valence-electron chi connectivity index (χ0n) is 15.4. The molecule has 0 aliphatic carbocycles. The van der Waals surface area contributed by atoms with Gasteiger partial charge in [0.05, 0.1) is 4.90 Å². The van der Waals surface area contributed by atoms with Crippen LogP contribution in [0.2, 0.25) is 0 Å². The average molecular weight is 368 g/mol. The smallest absolute Gasteiger partial charge is 0.243 e. The average Bonchev–Trinajstić information content (AvgIpc) is 2.59. The van der Waals surface area contributed by atoms with Crippen LogP contribution in [0.5, 0.6) is 0 Å². The predicted octanol–water partition coefficient (Wildman–Crippen LogP) is 1.56. The molecule has 0 saturated carbocycles. The van der Waals surface area contributed by atoms with E-state index in [0.29, 0.717) is 50.5 Å².